The highest BCUT2D eigenvalue weighted by atomic mass is 32.2. The second kappa shape index (κ2) is 6.49. The van der Waals surface area contributed by atoms with E-state index in [9.17, 15) is 13.2 Å². The highest BCUT2D eigenvalue weighted by Crippen LogP contribution is 2.37. The second-order valence-electron chi connectivity index (χ2n) is 7.15. The van der Waals surface area contributed by atoms with Gasteiger partial charge in [-0.25, -0.2) is 8.42 Å². The van der Waals surface area contributed by atoms with Crippen LogP contribution in [-0.4, -0.2) is 56.4 Å². The summed E-state index contributed by atoms with van der Waals surface area (Å²) in [7, 11) is -3.83. The Hall–Kier alpha value is -2.58. The summed E-state index contributed by atoms with van der Waals surface area (Å²) >= 11 is 0. The van der Waals surface area contributed by atoms with Crippen molar-refractivity contribution in [2.75, 3.05) is 32.8 Å². The maximum Gasteiger partial charge on any atom is 0.243 e. The van der Waals surface area contributed by atoms with Gasteiger partial charge in [0.2, 0.25) is 15.9 Å². The first-order chi connectivity index (χ1) is 13.5. The summed E-state index contributed by atoms with van der Waals surface area (Å²) in [6.07, 6.45) is 0.799. The van der Waals surface area contributed by atoms with Crippen molar-refractivity contribution >= 4 is 15.9 Å². The first kappa shape index (κ1) is 17.5. The third-order valence-corrected chi connectivity index (χ3v) is 7.38. The molecule has 0 aliphatic carbocycles. The van der Waals surface area contributed by atoms with Gasteiger partial charge >= 0.3 is 0 Å². The van der Waals surface area contributed by atoms with Crippen molar-refractivity contribution in [3.8, 4) is 11.5 Å². The predicted octanol–water partition coefficient (Wildman–Crippen LogP) is 1.59. The van der Waals surface area contributed by atoms with Gasteiger partial charge in [0, 0.05) is 19.2 Å². The number of benzene rings is 2. The van der Waals surface area contributed by atoms with Crippen LogP contribution in [-0.2, 0) is 21.2 Å². The van der Waals surface area contributed by atoms with Crippen LogP contribution in [0.25, 0.3) is 0 Å². The van der Waals surface area contributed by atoms with Crippen LogP contribution in [0.2, 0.25) is 0 Å². The number of hydrogen-bond acceptors (Lipinski definition) is 5. The fourth-order valence-electron chi connectivity index (χ4n) is 4.16. The topological polar surface area (TPSA) is 76.2 Å². The Morgan fingerprint density at radius 1 is 1.00 bits per heavy atom. The summed E-state index contributed by atoms with van der Waals surface area (Å²) in [5.74, 6) is 0.791. The molecule has 5 rings (SSSR count). The summed E-state index contributed by atoms with van der Waals surface area (Å²) in [5, 5.41) is 0. The SMILES string of the molecule is O=C1CN(S(=O)(=O)c2ccc3c(c2)OCCO3)CC2c3ccccc3CCN12. The lowest BCUT2D eigenvalue weighted by Crippen LogP contribution is -2.55. The Bertz CT molecular complexity index is 1050. The number of hydrogen-bond donors (Lipinski definition) is 0. The van der Waals surface area contributed by atoms with E-state index in [1.165, 1.54) is 22.0 Å². The Morgan fingerprint density at radius 2 is 1.79 bits per heavy atom. The van der Waals surface area contributed by atoms with Crippen molar-refractivity contribution in [1.29, 1.82) is 0 Å². The van der Waals surface area contributed by atoms with Crippen LogP contribution in [0.1, 0.15) is 17.2 Å². The van der Waals surface area contributed by atoms with E-state index >= 15 is 0 Å². The number of nitrogens with zero attached hydrogens (tertiary/aromatic N) is 2. The van der Waals surface area contributed by atoms with E-state index < -0.39 is 10.0 Å². The zero-order valence-corrected chi connectivity index (χ0v) is 16.0. The molecule has 3 aliphatic rings. The second-order valence-corrected chi connectivity index (χ2v) is 9.09. The molecule has 7 nitrogen and oxygen atoms in total. The standard InChI is InChI=1S/C20H20N2O5S/c23-20-13-21(12-17-16-4-2-1-3-14(16)7-8-22(17)20)28(24,25)15-5-6-18-19(11-15)27-10-9-26-18/h1-6,11,17H,7-10,12-13H2. The van der Waals surface area contributed by atoms with Crippen LogP contribution in [0.4, 0.5) is 0 Å². The van der Waals surface area contributed by atoms with Gasteiger partial charge in [0.25, 0.3) is 0 Å². The fraction of sp³-hybridized carbons (Fsp3) is 0.350. The number of rotatable bonds is 2. The van der Waals surface area contributed by atoms with Gasteiger partial charge in [-0.2, -0.15) is 4.31 Å². The number of fused-ring (bicyclic) bond motifs is 4. The van der Waals surface area contributed by atoms with Crippen LogP contribution in [0.5, 0.6) is 11.5 Å². The Labute approximate surface area is 163 Å². The molecular weight excluding hydrogens is 380 g/mol. The average molecular weight is 400 g/mol. The summed E-state index contributed by atoms with van der Waals surface area (Å²) in [5.41, 5.74) is 2.21. The van der Waals surface area contributed by atoms with Gasteiger partial charge in [-0.15, -0.1) is 0 Å². The number of sulfonamides is 1. The van der Waals surface area contributed by atoms with Crippen molar-refractivity contribution in [3.63, 3.8) is 0 Å². The fourth-order valence-corrected chi connectivity index (χ4v) is 5.57. The lowest BCUT2D eigenvalue weighted by atomic mass is 9.91. The number of carbonyl (C=O) groups is 1. The molecule has 0 aromatic heterocycles. The third kappa shape index (κ3) is 2.75. The van der Waals surface area contributed by atoms with Crippen LogP contribution in [0.3, 0.4) is 0 Å². The highest BCUT2D eigenvalue weighted by molar-refractivity contribution is 7.89. The number of carbonyl (C=O) groups excluding carboxylic acids is 1. The summed E-state index contributed by atoms with van der Waals surface area (Å²) in [6.45, 7) is 1.55. The number of amides is 1. The predicted molar refractivity (Wildman–Crippen MR) is 101 cm³/mol. The molecule has 1 atom stereocenters. The minimum absolute atomic E-state index is 0.113. The van der Waals surface area contributed by atoms with E-state index in [0.29, 0.717) is 31.3 Å². The largest absolute Gasteiger partial charge is 0.486 e. The van der Waals surface area contributed by atoms with E-state index in [4.69, 9.17) is 9.47 Å². The van der Waals surface area contributed by atoms with E-state index in [0.717, 1.165) is 12.0 Å². The lowest BCUT2D eigenvalue weighted by Gasteiger charge is -2.44. The van der Waals surface area contributed by atoms with Gasteiger partial charge < -0.3 is 14.4 Å². The van der Waals surface area contributed by atoms with E-state index in [2.05, 4.69) is 0 Å². The molecule has 1 amide bonds. The third-order valence-electron chi connectivity index (χ3n) is 5.57. The summed E-state index contributed by atoms with van der Waals surface area (Å²) in [4.78, 5) is 14.7. The van der Waals surface area contributed by atoms with Gasteiger partial charge in [-0.1, -0.05) is 24.3 Å². The van der Waals surface area contributed by atoms with Crippen LogP contribution in [0, 0.1) is 0 Å². The first-order valence-corrected chi connectivity index (χ1v) is 10.7. The molecule has 0 spiro atoms. The van der Waals surface area contributed by atoms with Gasteiger partial charge in [0.05, 0.1) is 17.5 Å². The van der Waals surface area contributed by atoms with Crippen molar-refractivity contribution in [2.24, 2.45) is 0 Å². The van der Waals surface area contributed by atoms with E-state index in [1.807, 2.05) is 24.3 Å². The Kier molecular flexibility index (Phi) is 4.06. The molecule has 1 saturated heterocycles. The van der Waals surface area contributed by atoms with Crippen molar-refractivity contribution in [3.05, 3.63) is 53.6 Å². The van der Waals surface area contributed by atoms with Crippen molar-refractivity contribution in [1.82, 2.24) is 9.21 Å². The maximum atomic E-state index is 13.3. The van der Waals surface area contributed by atoms with E-state index in [1.54, 1.807) is 11.0 Å². The molecule has 0 saturated carbocycles. The molecule has 2 aromatic carbocycles. The van der Waals surface area contributed by atoms with Crippen molar-refractivity contribution in [2.45, 2.75) is 17.4 Å². The van der Waals surface area contributed by atoms with Crippen molar-refractivity contribution < 1.29 is 22.7 Å². The van der Waals surface area contributed by atoms with Crippen LogP contribution < -0.4 is 9.47 Å². The molecule has 3 aliphatic heterocycles. The number of piperazine rings is 1. The zero-order chi connectivity index (χ0) is 19.3. The van der Waals surface area contributed by atoms with E-state index in [-0.39, 0.29) is 29.9 Å². The molecule has 1 unspecified atom stereocenters. The van der Waals surface area contributed by atoms with Gasteiger partial charge in [-0.3, -0.25) is 4.79 Å². The Morgan fingerprint density at radius 3 is 2.64 bits per heavy atom. The van der Waals surface area contributed by atoms with Crippen LogP contribution in [0.15, 0.2) is 47.4 Å². The smallest absolute Gasteiger partial charge is 0.243 e. The lowest BCUT2D eigenvalue weighted by molar-refractivity contribution is -0.138. The molecule has 146 valence electrons. The summed E-state index contributed by atoms with van der Waals surface area (Å²) < 4.78 is 38.8. The molecule has 1 fully saturated rings. The molecular formula is C20H20N2O5S. The maximum absolute atomic E-state index is 13.3. The van der Waals surface area contributed by atoms with Gasteiger partial charge in [-0.05, 0) is 29.7 Å². The Balaban J connectivity index is 1.49. The van der Waals surface area contributed by atoms with Crippen LogP contribution >= 0.6 is 0 Å². The minimum Gasteiger partial charge on any atom is -0.486 e. The first-order valence-electron chi connectivity index (χ1n) is 9.31. The monoisotopic (exact) mass is 400 g/mol. The normalized spacial score (nSPS) is 21.8. The van der Waals surface area contributed by atoms with Gasteiger partial charge in [0.1, 0.15) is 13.2 Å². The molecule has 0 N–H and O–H groups in total. The zero-order valence-electron chi connectivity index (χ0n) is 15.2. The molecule has 3 heterocycles. The molecule has 0 bridgehead atoms. The number of ether oxygens (including phenoxy) is 2. The minimum atomic E-state index is -3.83. The molecule has 2 aromatic rings. The molecule has 0 radical (unpaired) electrons. The van der Waals surface area contributed by atoms with Gasteiger partial charge in [0.15, 0.2) is 11.5 Å². The summed E-state index contributed by atoms with van der Waals surface area (Å²) in [6, 6.07) is 12.3. The highest BCUT2D eigenvalue weighted by Gasteiger charge is 2.41. The average Bonchev–Trinajstić information content (AvgIpc) is 2.73. The molecule has 8 heteroatoms. The quantitative estimate of drug-likeness (QED) is 0.765. The molecule has 28 heavy (non-hydrogen) atoms.